The Morgan fingerprint density at radius 1 is 0.829 bits per heavy atom. The van der Waals surface area contributed by atoms with Gasteiger partial charge in [0.25, 0.3) is 11.4 Å². The van der Waals surface area contributed by atoms with E-state index in [9.17, 15) is 34.6 Å². The molecule has 15 heteroatoms. The van der Waals surface area contributed by atoms with E-state index in [-0.39, 0.29) is 35.7 Å². The highest BCUT2D eigenvalue weighted by Gasteiger charge is 2.11. The van der Waals surface area contributed by atoms with Crippen LogP contribution in [-0.2, 0) is 14.4 Å². The first-order valence-corrected chi connectivity index (χ1v) is 9.73. The number of carbonyl (C=O) groups is 3. The maximum absolute atomic E-state index is 11.3. The summed E-state index contributed by atoms with van der Waals surface area (Å²) in [5.74, 6) is 3.56. The monoisotopic (exact) mass is 486 g/mol. The number of nitro benzene ring substituents is 2. The number of carbonyl (C=O) groups excluding carboxylic acids is 3. The number of benzene rings is 2. The van der Waals surface area contributed by atoms with E-state index in [1.165, 1.54) is 43.6 Å². The average Bonchev–Trinajstić information content (AvgIpc) is 2.83. The molecule has 3 amide bonds. The summed E-state index contributed by atoms with van der Waals surface area (Å²) in [6, 6.07) is 12.1. The molecule has 0 fully saturated rings. The van der Waals surface area contributed by atoms with Gasteiger partial charge in [0.2, 0.25) is 17.7 Å². The average molecular weight is 486 g/mol. The second-order valence-corrected chi connectivity index (χ2v) is 6.42. The van der Waals surface area contributed by atoms with E-state index < -0.39 is 21.7 Å². The van der Waals surface area contributed by atoms with Crippen LogP contribution in [0, 0.1) is 20.2 Å². The Bertz CT molecular complexity index is 1130. The van der Waals surface area contributed by atoms with Crippen LogP contribution < -0.4 is 22.1 Å². The van der Waals surface area contributed by atoms with Crippen molar-refractivity contribution in [3.63, 3.8) is 0 Å². The minimum absolute atomic E-state index is 0.0494. The molecule has 0 unspecified atom stereocenters. The van der Waals surface area contributed by atoms with Gasteiger partial charge in [-0.1, -0.05) is 24.3 Å². The molecule has 184 valence electrons. The molecule has 5 N–H and O–H groups in total. The Morgan fingerprint density at radius 3 is 1.69 bits per heavy atom. The third kappa shape index (κ3) is 10.9. The molecule has 0 atom stereocenters. The number of amides is 3. The van der Waals surface area contributed by atoms with Crippen molar-refractivity contribution in [2.24, 2.45) is 16.0 Å². The summed E-state index contributed by atoms with van der Waals surface area (Å²) >= 11 is 0. The van der Waals surface area contributed by atoms with E-state index in [0.717, 1.165) is 0 Å². The molecule has 2 rings (SSSR count). The van der Waals surface area contributed by atoms with Gasteiger partial charge in [-0.3, -0.25) is 40.0 Å². The van der Waals surface area contributed by atoms with Crippen LogP contribution in [0.5, 0.6) is 0 Å². The Labute approximate surface area is 198 Å². The van der Waals surface area contributed by atoms with Crippen LogP contribution in [0.4, 0.5) is 11.4 Å². The maximum atomic E-state index is 11.3. The Balaban J connectivity index is 0.000000365. The lowest BCUT2D eigenvalue weighted by molar-refractivity contribution is -0.385. The van der Waals surface area contributed by atoms with Gasteiger partial charge in [-0.2, -0.15) is 10.2 Å². The van der Waals surface area contributed by atoms with E-state index >= 15 is 0 Å². The molecule has 0 aromatic heterocycles. The molecule has 35 heavy (non-hydrogen) atoms. The quantitative estimate of drug-likeness (QED) is 0.130. The van der Waals surface area contributed by atoms with Gasteiger partial charge < -0.3 is 0 Å². The number of hydrazone groups is 2. The Kier molecular flexibility index (Phi) is 11.9. The van der Waals surface area contributed by atoms with Crippen LogP contribution in [0.15, 0.2) is 58.7 Å². The molecular formula is C20H22N8O7. The van der Waals surface area contributed by atoms with Gasteiger partial charge >= 0.3 is 0 Å². The molecule has 0 bridgehead atoms. The van der Waals surface area contributed by atoms with Crippen molar-refractivity contribution in [3.8, 4) is 0 Å². The van der Waals surface area contributed by atoms with Crippen LogP contribution in [-0.4, -0.2) is 40.0 Å². The van der Waals surface area contributed by atoms with Crippen LogP contribution in [0.3, 0.4) is 0 Å². The smallest absolute Gasteiger partial charge is 0.278 e. The number of hydrazine groups is 1. The Hall–Kier alpha value is -5.05. The van der Waals surface area contributed by atoms with Crippen molar-refractivity contribution in [2.45, 2.75) is 19.8 Å². The number of rotatable bonds is 9. The SMILES string of the molecule is CC(=O)N/N=C/c1ccccc1[N+](=O)[O-].NNC(=O)CCC(=O)N/N=C/c1ccccc1[N+](=O)[O-]. The largest absolute Gasteiger partial charge is 0.294 e. The number of nitrogens with two attached hydrogens (primary N) is 1. The summed E-state index contributed by atoms with van der Waals surface area (Å²) in [4.78, 5) is 52.8. The molecule has 0 saturated heterocycles. The first-order chi connectivity index (χ1) is 16.6. The molecule has 0 saturated carbocycles. The second kappa shape index (κ2) is 14.9. The third-order valence-electron chi connectivity index (χ3n) is 3.83. The number of nitrogens with one attached hydrogen (secondary N) is 3. The molecule has 0 aliphatic carbocycles. The summed E-state index contributed by atoms with van der Waals surface area (Å²) in [6.07, 6.45) is 2.25. The third-order valence-corrected chi connectivity index (χ3v) is 3.83. The topological polar surface area (TPSA) is 224 Å². The number of hydrogen-bond acceptors (Lipinski definition) is 10. The molecule has 2 aromatic rings. The van der Waals surface area contributed by atoms with E-state index in [4.69, 9.17) is 5.84 Å². The van der Waals surface area contributed by atoms with Gasteiger partial charge in [-0.05, 0) is 12.1 Å². The zero-order valence-electron chi connectivity index (χ0n) is 18.4. The van der Waals surface area contributed by atoms with Crippen molar-refractivity contribution in [2.75, 3.05) is 0 Å². The van der Waals surface area contributed by atoms with Gasteiger partial charge in [0.05, 0.1) is 33.4 Å². The fourth-order valence-corrected chi connectivity index (χ4v) is 2.25. The van der Waals surface area contributed by atoms with Crippen molar-refractivity contribution in [1.29, 1.82) is 0 Å². The summed E-state index contributed by atoms with van der Waals surface area (Å²) < 4.78 is 0. The zero-order valence-corrected chi connectivity index (χ0v) is 18.4. The molecule has 0 aliphatic rings. The molecule has 0 spiro atoms. The normalized spacial score (nSPS) is 10.2. The van der Waals surface area contributed by atoms with Crippen LogP contribution in [0.1, 0.15) is 30.9 Å². The predicted octanol–water partition coefficient (Wildman–Crippen LogP) is 0.880. The summed E-state index contributed by atoms with van der Waals surface area (Å²) in [7, 11) is 0. The van der Waals surface area contributed by atoms with Gasteiger partial charge in [-0.25, -0.2) is 16.7 Å². The highest BCUT2D eigenvalue weighted by atomic mass is 16.6. The first kappa shape index (κ1) is 28.0. The zero-order chi connectivity index (χ0) is 26.2. The van der Waals surface area contributed by atoms with E-state index in [1.807, 2.05) is 5.43 Å². The van der Waals surface area contributed by atoms with Crippen LogP contribution >= 0.6 is 0 Å². The first-order valence-electron chi connectivity index (χ1n) is 9.73. The van der Waals surface area contributed by atoms with Gasteiger partial charge in [0.15, 0.2) is 0 Å². The minimum atomic E-state index is -0.547. The van der Waals surface area contributed by atoms with Crippen molar-refractivity contribution in [3.05, 3.63) is 79.9 Å². The fourth-order valence-electron chi connectivity index (χ4n) is 2.25. The Morgan fingerprint density at radius 2 is 1.26 bits per heavy atom. The molecule has 0 aliphatic heterocycles. The second-order valence-electron chi connectivity index (χ2n) is 6.42. The number of hydrogen-bond donors (Lipinski definition) is 4. The molecular weight excluding hydrogens is 464 g/mol. The fraction of sp³-hybridized carbons (Fsp3) is 0.150. The van der Waals surface area contributed by atoms with Crippen molar-refractivity contribution >= 4 is 41.5 Å². The van der Waals surface area contributed by atoms with E-state index in [1.54, 1.807) is 24.3 Å². The van der Waals surface area contributed by atoms with Gasteiger partial charge in [-0.15, -0.1) is 0 Å². The highest BCUT2D eigenvalue weighted by molar-refractivity contribution is 5.88. The predicted molar refractivity (Wildman–Crippen MR) is 125 cm³/mol. The van der Waals surface area contributed by atoms with Gasteiger partial charge in [0.1, 0.15) is 0 Å². The molecule has 0 heterocycles. The lowest BCUT2D eigenvalue weighted by Gasteiger charge is -1.99. The molecule has 15 nitrogen and oxygen atoms in total. The number of nitro groups is 2. The standard InChI is InChI=1S/C11H13N5O4.C9H9N3O3/c12-14-10(17)5-6-11(18)15-13-7-8-3-1-2-4-9(8)16(19)20;1-7(13)11-10-6-8-4-2-3-5-9(8)12(14)15/h1-4,7H,5-6,12H2,(H,14,17)(H,15,18);2-6H,1H3,(H,11,13)/b13-7+;10-6+. The minimum Gasteiger partial charge on any atom is -0.294 e. The lowest BCUT2D eigenvalue weighted by atomic mass is 10.2. The van der Waals surface area contributed by atoms with Crippen molar-refractivity contribution < 1.29 is 24.2 Å². The van der Waals surface area contributed by atoms with E-state index in [2.05, 4.69) is 21.1 Å². The van der Waals surface area contributed by atoms with Crippen LogP contribution in [0.2, 0.25) is 0 Å². The maximum Gasteiger partial charge on any atom is 0.278 e. The molecule has 2 aromatic carbocycles. The highest BCUT2D eigenvalue weighted by Crippen LogP contribution is 2.15. The number of para-hydroxylation sites is 2. The van der Waals surface area contributed by atoms with Gasteiger partial charge in [0, 0.05) is 31.9 Å². The summed E-state index contributed by atoms with van der Waals surface area (Å²) in [5.41, 5.74) is 6.66. The summed E-state index contributed by atoms with van der Waals surface area (Å²) in [5, 5.41) is 28.5. The van der Waals surface area contributed by atoms with Crippen molar-refractivity contribution in [1.82, 2.24) is 16.3 Å². The van der Waals surface area contributed by atoms with Crippen LogP contribution in [0.25, 0.3) is 0 Å². The molecule has 0 radical (unpaired) electrons. The summed E-state index contributed by atoms with van der Waals surface area (Å²) in [6.45, 7) is 1.30. The van der Waals surface area contributed by atoms with E-state index in [0.29, 0.717) is 5.56 Å². The number of nitrogens with zero attached hydrogens (tertiary/aromatic N) is 4. The lowest BCUT2D eigenvalue weighted by Crippen LogP contribution is -2.31.